The fourth-order valence-electron chi connectivity index (χ4n) is 0.999. The number of aliphatic hydroxyl groups excluding tert-OH is 1. The third kappa shape index (κ3) is 2.96. The summed E-state index contributed by atoms with van der Waals surface area (Å²) in [5, 5.41) is 12.1. The van der Waals surface area contributed by atoms with Crippen LogP contribution in [0.15, 0.2) is 16.7 Å². The van der Waals surface area contributed by atoms with Crippen LogP contribution in [0.4, 0.5) is 5.82 Å². The number of aromatic nitrogens is 1. The summed E-state index contributed by atoms with van der Waals surface area (Å²) in [5.74, 6) is 1.08. The number of aryl methyl sites for hydroxylation is 1. The molecule has 14 heavy (non-hydrogen) atoms. The van der Waals surface area contributed by atoms with Gasteiger partial charge in [0.15, 0.2) is 0 Å². The van der Waals surface area contributed by atoms with Crippen molar-refractivity contribution in [1.29, 1.82) is 0 Å². The van der Waals surface area contributed by atoms with Crippen LogP contribution in [0.1, 0.15) is 12.5 Å². The molecule has 1 aromatic heterocycles. The monoisotopic (exact) mass is 258 g/mol. The van der Waals surface area contributed by atoms with Crippen LogP contribution < -0.4 is 5.32 Å². The van der Waals surface area contributed by atoms with Gasteiger partial charge in [-0.25, -0.2) is 4.98 Å². The molecule has 0 amide bonds. The Labute approximate surface area is 92.7 Å². The summed E-state index contributed by atoms with van der Waals surface area (Å²) < 4.78 is 0.991. The number of nitrogens with one attached hydrogen (secondary N) is 1. The van der Waals surface area contributed by atoms with Crippen molar-refractivity contribution in [2.24, 2.45) is 5.92 Å². The average Bonchev–Trinajstić information content (AvgIpc) is 2.20. The zero-order valence-corrected chi connectivity index (χ0v) is 10.0. The number of halogens is 1. The van der Waals surface area contributed by atoms with Crippen molar-refractivity contribution >= 4 is 21.7 Å². The summed E-state index contributed by atoms with van der Waals surface area (Å²) in [7, 11) is 0. The molecular weight excluding hydrogens is 244 g/mol. The van der Waals surface area contributed by atoms with Gasteiger partial charge in [0.25, 0.3) is 0 Å². The van der Waals surface area contributed by atoms with E-state index in [1.807, 2.05) is 19.9 Å². The standard InChI is InChI=1S/C10H15BrN2O/c1-7(6-14)5-13-10-9(11)8(2)3-4-12-10/h3-4,7,14H,5-6H2,1-2H3,(H,12,13). The number of rotatable bonds is 4. The second-order valence-electron chi connectivity index (χ2n) is 3.46. The highest BCUT2D eigenvalue weighted by Gasteiger charge is 2.05. The zero-order valence-electron chi connectivity index (χ0n) is 8.42. The average molecular weight is 259 g/mol. The lowest BCUT2D eigenvalue weighted by Crippen LogP contribution is -2.15. The summed E-state index contributed by atoms with van der Waals surface area (Å²) in [6.45, 7) is 4.92. The molecule has 0 saturated heterocycles. The third-order valence-electron chi connectivity index (χ3n) is 2.01. The van der Waals surface area contributed by atoms with Crippen molar-refractivity contribution in [2.45, 2.75) is 13.8 Å². The minimum absolute atomic E-state index is 0.191. The molecule has 0 fully saturated rings. The first-order valence-electron chi connectivity index (χ1n) is 4.61. The molecular formula is C10H15BrN2O. The molecule has 1 heterocycles. The van der Waals surface area contributed by atoms with E-state index in [0.717, 1.165) is 22.4 Å². The van der Waals surface area contributed by atoms with E-state index in [9.17, 15) is 0 Å². The van der Waals surface area contributed by atoms with Crippen LogP contribution in [0.2, 0.25) is 0 Å². The van der Waals surface area contributed by atoms with E-state index in [1.54, 1.807) is 6.20 Å². The molecule has 0 aliphatic carbocycles. The van der Waals surface area contributed by atoms with E-state index >= 15 is 0 Å². The van der Waals surface area contributed by atoms with E-state index in [4.69, 9.17) is 5.11 Å². The van der Waals surface area contributed by atoms with Crippen molar-refractivity contribution in [1.82, 2.24) is 4.98 Å². The summed E-state index contributed by atoms with van der Waals surface area (Å²) in [6, 6.07) is 1.95. The van der Waals surface area contributed by atoms with Crippen LogP contribution in [0, 0.1) is 12.8 Å². The molecule has 0 spiro atoms. The number of hydrogen-bond acceptors (Lipinski definition) is 3. The second-order valence-corrected chi connectivity index (χ2v) is 4.25. The SMILES string of the molecule is Cc1ccnc(NCC(C)CO)c1Br. The van der Waals surface area contributed by atoms with Gasteiger partial charge >= 0.3 is 0 Å². The van der Waals surface area contributed by atoms with E-state index in [-0.39, 0.29) is 12.5 Å². The van der Waals surface area contributed by atoms with Crippen LogP contribution in [0.5, 0.6) is 0 Å². The van der Waals surface area contributed by atoms with E-state index < -0.39 is 0 Å². The Morgan fingerprint density at radius 3 is 3.00 bits per heavy atom. The lowest BCUT2D eigenvalue weighted by atomic mass is 10.2. The minimum Gasteiger partial charge on any atom is -0.396 e. The van der Waals surface area contributed by atoms with E-state index in [2.05, 4.69) is 26.2 Å². The molecule has 0 aliphatic rings. The third-order valence-corrected chi connectivity index (χ3v) is 3.01. The Morgan fingerprint density at radius 2 is 2.36 bits per heavy atom. The summed E-state index contributed by atoms with van der Waals surface area (Å²) in [5.41, 5.74) is 1.15. The molecule has 1 aromatic rings. The predicted octanol–water partition coefficient (Wildman–Crippen LogP) is 2.19. The quantitative estimate of drug-likeness (QED) is 0.871. The van der Waals surface area contributed by atoms with Crippen LogP contribution in [-0.4, -0.2) is 23.2 Å². The molecule has 0 radical (unpaired) electrons. The van der Waals surface area contributed by atoms with Gasteiger partial charge in [0.1, 0.15) is 5.82 Å². The van der Waals surface area contributed by atoms with E-state index in [1.165, 1.54) is 0 Å². The first-order valence-corrected chi connectivity index (χ1v) is 5.40. The lowest BCUT2D eigenvalue weighted by molar-refractivity contribution is 0.244. The lowest BCUT2D eigenvalue weighted by Gasteiger charge is -2.12. The Morgan fingerprint density at radius 1 is 1.64 bits per heavy atom. The molecule has 3 nitrogen and oxygen atoms in total. The topological polar surface area (TPSA) is 45.2 Å². The maximum Gasteiger partial charge on any atom is 0.140 e. The molecule has 0 aromatic carbocycles. The van der Waals surface area contributed by atoms with Crippen LogP contribution >= 0.6 is 15.9 Å². The fraction of sp³-hybridized carbons (Fsp3) is 0.500. The Hall–Kier alpha value is -0.610. The number of hydrogen-bond donors (Lipinski definition) is 2. The van der Waals surface area contributed by atoms with Gasteiger partial charge in [-0.3, -0.25) is 0 Å². The normalized spacial score (nSPS) is 12.6. The van der Waals surface area contributed by atoms with Gasteiger partial charge in [-0.15, -0.1) is 0 Å². The first kappa shape index (κ1) is 11.5. The van der Waals surface area contributed by atoms with Crippen LogP contribution in [-0.2, 0) is 0 Å². The Bertz CT molecular complexity index is 304. The molecule has 1 atom stereocenters. The molecule has 1 unspecified atom stereocenters. The van der Waals surface area contributed by atoms with Crippen LogP contribution in [0.25, 0.3) is 0 Å². The molecule has 1 rings (SSSR count). The molecule has 0 saturated carbocycles. The van der Waals surface area contributed by atoms with Gasteiger partial charge in [0.2, 0.25) is 0 Å². The van der Waals surface area contributed by atoms with Gasteiger partial charge in [0, 0.05) is 19.3 Å². The van der Waals surface area contributed by atoms with Crippen LogP contribution in [0.3, 0.4) is 0 Å². The van der Waals surface area contributed by atoms with Gasteiger partial charge in [-0.05, 0) is 40.4 Å². The Balaban J connectivity index is 2.63. The summed E-state index contributed by atoms with van der Waals surface area (Å²) in [4.78, 5) is 4.21. The number of pyridine rings is 1. The molecule has 78 valence electrons. The molecule has 0 aliphatic heterocycles. The highest BCUT2D eigenvalue weighted by atomic mass is 79.9. The van der Waals surface area contributed by atoms with Gasteiger partial charge in [-0.1, -0.05) is 6.92 Å². The molecule has 4 heteroatoms. The zero-order chi connectivity index (χ0) is 10.6. The second kappa shape index (κ2) is 5.32. The Kier molecular flexibility index (Phi) is 4.35. The summed E-state index contributed by atoms with van der Waals surface area (Å²) >= 11 is 3.46. The fourth-order valence-corrected chi connectivity index (χ4v) is 1.37. The van der Waals surface area contributed by atoms with Gasteiger partial charge in [-0.2, -0.15) is 0 Å². The highest BCUT2D eigenvalue weighted by Crippen LogP contribution is 2.23. The highest BCUT2D eigenvalue weighted by molar-refractivity contribution is 9.10. The number of aliphatic hydroxyl groups is 1. The van der Waals surface area contributed by atoms with Crippen molar-refractivity contribution in [2.75, 3.05) is 18.5 Å². The maximum absolute atomic E-state index is 8.86. The van der Waals surface area contributed by atoms with Crippen molar-refractivity contribution < 1.29 is 5.11 Å². The first-order chi connectivity index (χ1) is 6.65. The van der Waals surface area contributed by atoms with Crippen molar-refractivity contribution in [3.63, 3.8) is 0 Å². The molecule has 0 bridgehead atoms. The van der Waals surface area contributed by atoms with Gasteiger partial charge in [0.05, 0.1) is 4.47 Å². The summed E-state index contributed by atoms with van der Waals surface area (Å²) in [6.07, 6.45) is 1.77. The number of nitrogens with zero attached hydrogens (tertiary/aromatic N) is 1. The smallest absolute Gasteiger partial charge is 0.140 e. The van der Waals surface area contributed by atoms with Gasteiger partial charge < -0.3 is 10.4 Å². The van der Waals surface area contributed by atoms with Crippen molar-refractivity contribution in [3.8, 4) is 0 Å². The maximum atomic E-state index is 8.86. The minimum atomic E-state index is 0.191. The van der Waals surface area contributed by atoms with Crippen molar-refractivity contribution in [3.05, 3.63) is 22.3 Å². The van der Waals surface area contributed by atoms with E-state index in [0.29, 0.717) is 0 Å². The molecule has 2 N–H and O–H groups in total. The predicted molar refractivity (Wildman–Crippen MR) is 61.4 cm³/mol. The number of anilines is 1. The largest absolute Gasteiger partial charge is 0.396 e.